The van der Waals surface area contributed by atoms with Crippen LogP contribution in [0.3, 0.4) is 0 Å². The van der Waals surface area contributed by atoms with Crippen molar-refractivity contribution in [2.75, 3.05) is 13.2 Å². The van der Waals surface area contributed by atoms with E-state index in [1.165, 1.54) is 6.33 Å². The number of aliphatic hydroxyl groups excluding tert-OH is 1. The third kappa shape index (κ3) is 6.57. The summed E-state index contributed by atoms with van der Waals surface area (Å²) in [6, 6.07) is 0. The van der Waals surface area contributed by atoms with Crippen molar-refractivity contribution >= 4 is 6.09 Å². The molecule has 1 aromatic rings. The van der Waals surface area contributed by atoms with Crippen LogP contribution in [0.4, 0.5) is 4.79 Å². The van der Waals surface area contributed by atoms with Gasteiger partial charge in [-0.1, -0.05) is 6.92 Å². The Morgan fingerprint density at radius 1 is 1.52 bits per heavy atom. The van der Waals surface area contributed by atoms with Gasteiger partial charge in [0.05, 0.1) is 0 Å². The molecule has 21 heavy (non-hydrogen) atoms. The first-order valence-electron chi connectivity index (χ1n) is 7.30. The van der Waals surface area contributed by atoms with E-state index in [0.717, 1.165) is 18.8 Å². The summed E-state index contributed by atoms with van der Waals surface area (Å²) in [5.41, 5.74) is -0.528. The minimum Gasteiger partial charge on any atom is -0.444 e. The molecule has 1 unspecified atom stereocenters. The predicted molar refractivity (Wildman–Crippen MR) is 78.8 cm³/mol. The predicted octanol–water partition coefficient (Wildman–Crippen LogP) is 1.36. The molecule has 0 fully saturated rings. The summed E-state index contributed by atoms with van der Waals surface area (Å²) in [5.74, 6) is 0.708. The van der Waals surface area contributed by atoms with Gasteiger partial charge in [0.25, 0.3) is 0 Å². The third-order valence-corrected chi connectivity index (χ3v) is 2.79. The molecule has 0 radical (unpaired) electrons. The van der Waals surface area contributed by atoms with Gasteiger partial charge in [-0.2, -0.15) is 5.10 Å². The Morgan fingerprint density at radius 3 is 2.81 bits per heavy atom. The lowest BCUT2D eigenvalue weighted by Gasteiger charge is -2.21. The third-order valence-electron chi connectivity index (χ3n) is 2.79. The number of carbonyl (C=O) groups is 1. The molecule has 7 heteroatoms. The van der Waals surface area contributed by atoms with Crippen LogP contribution >= 0.6 is 0 Å². The van der Waals surface area contributed by atoms with Crippen molar-refractivity contribution in [1.29, 1.82) is 0 Å². The van der Waals surface area contributed by atoms with Gasteiger partial charge in [0, 0.05) is 32.0 Å². The lowest BCUT2D eigenvalue weighted by molar-refractivity contribution is 0.0512. The molecular weight excluding hydrogens is 272 g/mol. The second-order valence-electron chi connectivity index (χ2n) is 6.03. The molecule has 7 nitrogen and oxygen atoms in total. The molecule has 1 aromatic heterocycles. The molecule has 1 amide bonds. The Hall–Kier alpha value is -1.63. The van der Waals surface area contributed by atoms with Crippen LogP contribution in [0.1, 0.15) is 39.9 Å². The number of hydrogen-bond donors (Lipinski definition) is 2. The summed E-state index contributed by atoms with van der Waals surface area (Å²) in [6.45, 7) is 8.60. The topological polar surface area (TPSA) is 89.3 Å². The molecule has 1 rings (SSSR count). The molecular formula is C14H26N4O3. The summed E-state index contributed by atoms with van der Waals surface area (Å²) in [5, 5.41) is 16.3. The minimum atomic E-state index is -0.528. The lowest BCUT2D eigenvalue weighted by atomic mass is 10.1. The van der Waals surface area contributed by atoms with Crippen LogP contribution in [-0.2, 0) is 17.7 Å². The highest BCUT2D eigenvalue weighted by Gasteiger charge is 2.18. The lowest BCUT2D eigenvalue weighted by Crippen LogP contribution is -2.36. The summed E-state index contributed by atoms with van der Waals surface area (Å²) in [6.07, 6.45) is 2.57. The quantitative estimate of drug-likeness (QED) is 0.793. The van der Waals surface area contributed by atoms with Crippen LogP contribution in [0.15, 0.2) is 6.33 Å². The summed E-state index contributed by atoms with van der Waals surface area (Å²) < 4.78 is 6.99. The molecule has 2 N–H and O–H groups in total. The number of nitrogens with one attached hydrogen (secondary N) is 1. The Bertz CT molecular complexity index is 440. The minimum absolute atomic E-state index is 0.0330. The first-order valence-corrected chi connectivity index (χ1v) is 7.30. The Morgan fingerprint density at radius 2 is 2.24 bits per heavy atom. The molecule has 0 bridgehead atoms. The van der Waals surface area contributed by atoms with Gasteiger partial charge in [-0.3, -0.25) is 4.68 Å². The van der Waals surface area contributed by atoms with E-state index in [0.29, 0.717) is 13.0 Å². The van der Waals surface area contributed by atoms with Crippen LogP contribution in [0.5, 0.6) is 0 Å². The van der Waals surface area contributed by atoms with Crippen molar-refractivity contribution in [2.24, 2.45) is 5.92 Å². The zero-order valence-electron chi connectivity index (χ0n) is 13.3. The van der Waals surface area contributed by atoms with Crippen molar-refractivity contribution in [1.82, 2.24) is 20.1 Å². The average Bonchev–Trinajstić information content (AvgIpc) is 2.80. The van der Waals surface area contributed by atoms with Crippen LogP contribution in [0.2, 0.25) is 0 Å². The number of rotatable bonds is 7. The van der Waals surface area contributed by atoms with Gasteiger partial charge in [0.1, 0.15) is 17.8 Å². The zero-order valence-corrected chi connectivity index (χ0v) is 13.3. The van der Waals surface area contributed by atoms with Crippen LogP contribution < -0.4 is 5.32 Å². The zero-order chi connectivity index (χ0) is 15.9. The second kappa shape index (κ2) is 7.97. The smallest absolute Gasteiger partial charge is 0.407 e. The summed E-state index contributed by atoms with van der Waals surface area (Å²) in [4.78, 5) is 15.8. The largest absolute Gasteiger partial charge is 0.444 e. The van der Waals surface area contributed by atoms with E-state index in [2.05, 4.69) is 22.3 Å². The van der Waals surface area contributed by atoms with Crippen LogP contribution in [0, 0.1) is 5.92 Å². The van der Waals surface area contributed by atoms with Gasteiger partial charge in [0.2, 0.25) is 0 Å². The number of carbonyl (C=O) groups excluding carboxylic acids is 1. The Kier molecular flexibility index (Phi) is 6.61. The second-order valence-corrected chi connectivity index (χ2v) is 6.03. The molecule has 0 aliphatic rings. The summed E-state index contributed by atoms with van der Waals surface area (Å²) >= 11 is 0. The van der Waals surface area contributed by atoms with Crippen molar-refractivity contribution < 1.29 is 14.6 Å². The number of hydrogen-bond acceptors (Lipinski definition) is 5. The fourth-order valence-electron chi connectivity index (χ4n) is 1.85. The summed E-state index contributed by atoms with van der Waals surface area (Å²) in [7, 11) is 0. The average molecular weight is 298 g/mol. The van der Waals surface area contributed by atoms with Crippen molar-refractivity contribution in [3.05, 3.63) is 12.2 Å². The van der Waals surface area contributed by atoms with E-state index >= 15 is 0 Å². The fourth-order valence-corrected chi connectivity index (χ4v) is 1.85. The molecule has 0 spiro atoms. The van der Waals surface area contributed by atoms with Gasteiger partial charge >= 0.3 is 6.09 Å². The highest BCUT2D eigenvalue weighted by atomic mass is 16.6. The van der Waals surface area contributed by atoms with Gasteiger partial charge in [-0.15, -0.1) is 0 Å². The molecule has 0 aromatic carbocycles. The SMILES string of the molecule is CCCn1ncnc1CC(CO)CNC(=O)OC(C)(C)C. The highest BCUT2D eigenvalue weighted by molar-refractivity contribution is 5.67. The fraction of sp³-hybridized carbons (Fsp3) is 0.786. The molecule has 120 valence electrons. The van der Waals surface area contributed by atoms with Crippen LogP contribution in [0.25, 0.3) is 0 Å². The first kappa shape index (κ1) is 17.4. The number of aryl methyl sites for hydroxylation is 1. The maximum absolute atomic E-state index is 11.6. The van der Waals surface area contributed by atoms with E-state index in [9.17, 15) is 9.90 Å². The molecule has 0 aliphatic carbocycles. The van der Waals surface area contributed by atoms with E-state index in [1.54, 1.807) is 0 Å². The number of alkyl carbamates (subject to hydrolysis) is 1. The van der Waals surface area contributed by atoms with Gasteiger partial charge in [-0.25, -0.2) is 9.78 Å². The number of aliphatic hydroxyl groups is 1. The molecule has 1 heterocycles. The first-order chi connectivity index (χ1) is 9.85. The molecule has 0 aliphatic heterocycles. The highest BCUT2D eigenvalue weighted by Crippen LogP contribution is 2.08. The van der Waals surface area contributed by atoms with Crippen molar-refractivity contribution in [3.8, 4) is 0 Å². The van der Waals surface area contributed by atoms with Crippen molar-refractivity contribution in [2.45, 2.75) is 52.7 Å². The normalized spacial score (nSPS) is 13.0. The van der Waals surface area contributed by atoms with Gasteiger partial charge < -0.3 is 15.2 Å². The molecule has 0 saturated heterocycles. The monoisotopic (exact) mass is 298 g/mol. The maximum Gasteiger partial charge on any atom is 0.407 e. The van der Waals surface area contributed by atoms with Crippen molar-refractivity contribution in [3.63, 3.8) is 0 Å². The Labute approximate surface area is 125 Å². The van der Waals surface area contributed by atoms with E-state index < -0.39 is 11.7 Å². The Balaban J connectivity index is 2.48. The molecule has 0 saturated carbocycles. The maximum atomic E-state index is 11.6. The molecule has 1 atom stereocenters. The number of aromatic nitrogens is 3. The van der Waals surface area contributed by atoms with Gasteiger partial charge in [0.15, 0.2) is 0 Å². The van der Waals surface area contributed by atoms with E-state index in [4.69, 9.17) is 4.74 Å². The number of amides is 1. The van der Waals surface area contributed by atoms with E-state index in [-0.39, 0.29) is 12.5 Å². The van der Waals surface area contributed by atoms with Crippen LogP contribution in [-0.4, -0.2) is 44.7 Å². The van der Waals surface area contributed by atoms with E-state index in [1.807, 2.05) is 25.5 Å². The number of ether oxygens (including phenoxy) is 1. The standard InChI is InChI=1S/C14H26N4O3/c1-5-6-18-12(16-10-17-18)7-11(9-19)8-15-13(20)21-14(2,3)4/h10-11,19H,5-9H2,1-4H3,(H,15,20). The van der Waals surface area contributed by atoms with Gasteiger partial charge in [-0.05, 0) is 27.2 Å². The number of nitrogens with zero attached hydrogens (tertiary/aromatic N) is 3.